The average molecular weight is 224 g/mol. The molecule has 2 bridgehead atoms. The molecule has 0 spiro atoms. The SMILES string of the molecule is CC[C@@H](C)NC(=O)[C@H]1C[C@@H]2C[C@@H](C2C)[C@@H]1N. The summed E-state index contributed by atoms with van der Waals surface area (Å²) in [7, 11) is 0. The highest BCUT2D eigenvalue weighted by atomic mass is 16.2. The summed E-state index contributed by atoms with van der Waals surface area (Å²) in [6, 6.07) is 0.361. The number of nitrogens with one attached hydrogen (secondary N) is 1. The van der Waals surface area contributed by atoms with Crippen LogP contribution in [-0.4, -0.2) is 18.0 Å². The van der Waals surface area contributed by atoms with Gasteiger partial charge in [-0.15, -0.1) is 0 Å². The fourth-order valence-corrected chi connectivity index (χ4v) is 3.27. The van der Waals surface area contributed by atoms with Crippen molar-refractivity contribution in [2.24, 2.45) is 29.4 Å². The summed E-state index contributed by atoms with van der Waals surface area (Å²) >= 11 is 0. The number of amides is 1. The molecule has 3 heteroatoms. The Bertz CT molecular complexity index is 279. The van der Waals surface area contributed by atoms with Crippen molar-refractivity contribution < 1.29 is 4.79 Å². The normalized spacial score (nSPS) is 43.4. The van der Waals surface area contributed by atoms with Crippen molar-refractivity contribution in [3.05, 3.63) is 0 Å². The van der Waals surface area contributed by atoms with Crippen LogP contribution in [0.5, 0.6) is 0 Å². The number of hydrogen-bond donors (Lipinski definition) is 2. The molecule has 1 amide bonds. The van der Waals surface area contributed by atoms with Crippen LogP contribution < -0.4 is 11.1 Å². The number of rotatable bonds is 3. The zero-order chi connectivity index (χ0) is 11.9. The van der Waals surface area contributed by atoms with Crippen LogP contribution in [-0.2, 0) is 4.79 Å². The molecule has 6 atom stereocenters. The van der Waals surface area contributed by atoms with Gasteiger partial charge in [-0.2, -0.15) is 0 Å². The summed E-state index contributed by atoms with van der Waals surface area (Å²) in [5.41, 5.74) is 6.21. The Labute approximate surface area is 98.2 Å². The molecule has 92 valence electrons. The van der Waals surface area contributed by atoms with Crippen molar-refractivity contribution >= 4 is 5.91 Å². The van der Waals surface area contributed by atoms with Crippen molar-refractivity contribution in [2.75, 3.05) is 0 Å². The first-order valence-electron chi connectivity index (χ1n) is 6.60. The van der Waals surface area contributed by atoms with Gasteiger partial charge < -0.3 is 11.1 Å². The fourth-order valence-electron chi connectivity index (χ4n) is 3.27. The van der Waals surface area contributed by atoms with Crippen LogP contribution in [0.2, 0.25) is 0 Å². The summed E-state index contributed by atoms with van der Waals surface area (Å²) in [4.78, 5) is 12.1. The average Bonchev–Trinajstić information content (AvgIpc) is 2.27. The van der Waals surface area contributed by atoms with Gasteiger partial charge in [0.2, 0.25) is 5.91 Å². The minimum atomic E-state index is 0.0638. The highest BCUT2D eigenvalue weighted by Gasteiger charge is 2.51. The maximum absolute atomic E-state index is 12.1. The number of carbonyl (C=O) groups is 1. The zero-order valence-corrected chi connectivity index (χ0v) is 10.6. The molecule has 1 unspecified atom stereocenters. The van der Waals surface area contributed by atoms with Gasteiger partial charge in [-0.1, -0.05) is 13.8 Å². The lowest BCUT2D eigenvalue weighted by atomic mass is 9.53. The molecule has 3 aliphatic rings. The molecule has 16 heavy (non-hydrogen) atoms. The second-order valence-corrected chi connectivity index (χ2v) is 5.76. The maximum Gasteiger partial charge on any atom is 0.224 e. The molecule has 3 nitrogen and oxygen atoms in total. The molecule has 0 aromatic rings. The van der Waals surface area contributed by atoms with Crippen molar-refractivity contribution in [3.63, 3.8) is 0 Å². The quantitative estimate of drug-likeness (QED) is 0.763. The summed E-state index contributed by atoms with van der Waals surface area (Å²) in [6.07, 6.45) is 3.23. The molecule has 3 N–H and O–H groups in total. The van der Waals surface area contributed by atoms with E-state index in [4.69, 9.17) is 5.73 Å². The van der Waals surface area contributed by atoms with Crippen molar-refractivity contribution in [1.29, 1.82) is 0 Å². The van der Waals surface area contributed by atoms with E-state index in [-0.39, 0.29) is 23.9 Å². The smallest absolute Gasteiger partial charge is 0.224 e. The first kappa shape index (κ1) is 11.9. The van der Waals surface area contributed by atoms with Crippen molar-refractivity contribution in [1.82, 2.24) is 5.32 Å². The fraction of sp³-hybridized carbons (Fsp3) is 0.923. The van der Waals surface area contributed by atoms with E-state index in [9.17, 15) is 4.79 Å². The minimum Gasteiger partial charge on any atom is -0.353 e. The lowest BCUT2D eigenvalue weighted by molar-refractivity contribution is -0.134. The lowest BCUT2D eigenvalue weighted by Crippen LogP contribution is -2.59. The van der Waals surface area contributed by atoms with Gasteiger partial charge >= 0.3 is 0 Å². The Balaban J connectivity index is 1.93. The second kappa shape index (κ2) is 4.36. The van der Waals surface area contributed by atoms with Gasteiger partial charge in [-0.3, -0.25) is 4.79 Å². The van der Waals surface area contributed by atoms with Gasteiger partial charge in [0.15, 0.2) is 0 Å². The van der Waals surface area contributed by atoms with E-state index in [0.29, 0.717) is 5.92 Å². The molecule has 3 fully saturated rings. The number of hydrogen-bond acceptors (Lipinski definition) is 2. The summed E-state index contributed by atoms with van der Waals surface area (Å²) in [5, 5.41) is 3.07. The number of nitrogens with two attached hydrogens (primary N) is 1. The van der Waals surface area contributed by atoms with Crippen LogP contribution in [0.15, 0.2) is 0 Å². The third-order valence-corrected chi connectivity index (χ3v) is 4.85. The Morgan fingerprint density at radius 2 is 2.19 bits per heavy atom. The van der Waals surface area contributed by atoms with E-state index in [1.807, 2.05) is 0 Å². The van der Waals surface area contributed by atoms with Gasteiger partial charge in [0.05, 0.1) is 5.92 Å². The molecule has 0 aromatic heterocycles. The van der Waals surface area contributed by atoms with Gasteiger partial charge in [0.1, 0.15) is 0 Å². The Hall–Kier alpha value is -0.570. The maximum atomic E-state index is 12.1. The van der Waals surface area contributed by atoms with Crippen LogP contribution in [0.4, 0.5) is 0 Å². The van der Waals surface area contributed by atoms with E-state index in [1.54, 1.807) is 0 Å². The summed E-state index contributed by atoms with van der Waals surface area (Å²) < 4.78 is 0. The third-order valence-electron chi connectivity index (χ3n) is 4.85. The van der Waals surface area contributed by atoms with Gasteiger partial charge in [0.25, 0.3) is 0 Å². The molecular weight excluding hydrogens is 200 g/mol. The summed E-state index contributed by atoms with van der Waals surface area (Å²) in [6.45, 7) is 6.42. The Morgan fingerprint density at radius 1 is 1.50 bits per heavy atom. The van der Waals surface area contributed by atoms with Gasteiger partial charge in [-0.25, -0.2) is 0 Å². The zero-order valence-electron chi connectivity index (χ0n) is 10.6. The first-order valence-corrected chi connectivity index (χ1v) is 6.60. The molecule has 0 aliphatic heterocycles. The highest BCUT2D eigenvalue weighted by molar-refractivity contribution is 5.80. The molecule has 0 saturated heterocycles. The van der Waals surface area contributed by atoms with E-state index in [2.05, 4.69) is 26.1 Å². The summed E-state index contributed by atoms with van der Waals surface area (Å²) in [5.74, 6) is 2.32. The van der Waals surface area contributed by atoms with Crippen molar-refractivity contribution in [2.45, 2.75) is 52.1 Å². The highest BCUT2D eigenvalue weighted by Crippen LogP contribution is 2.51. The third kappa shape index (κ3) is 1.86. The van der Waals surface area contributed by atoms with Crippen molar-refractivity contribution in [3.8, 4) is 0 Å². The monoisotopic (exact) mass is 224 g/mol. The Kier molecular flexibility index (Phi) is 3.24. The molecule has 0 heterocycles. The van der Waals surface area contributed by atoms with E-state index in [1.165, 1.54) is 6.42 Å². The van der Waals surface area contributed by atoms with Crippen LogP contribution >= 0.6 is 0 Å². The van der Waals surface area contributed by atoms with Crippen LogP contribution in [0.25, 0.3) is 0 Å². The first-order chi connectivity index (χ1) is 7.54. The van der Waals surface area contributed by atoms with E-state index in [0.717, 1.165) is 24.7 Å². The molecule has 0 aromatic carbocycles. The van der Waals surface area contributed by atoms with E-state index >= 15 is 0 Å². The van der Waals surface area contributed by atoms with Gasteiger partial charge in [-0.05, 0) is 43.9 Å². The van der Waals surface area contributed by atoms with Gasteiger partial charge in [0, 0.05) is 12.1 Å². The second-order valence-electron chi connectivity index (χ2n) is 5.76. The van der Waals surface area contributed by atoms with Crippen LogP contribution in [0, 0.1) is 23.7 Å². The largest absolute Gasteiger partial charge is 0.353 e. The lowest BCUT2D eigenvalue weighted by Gasteiger charge is -2.54. The molecule has 0 radical (unpaired) electrons. The van der Waals surface area contributed by atoms with Crippen LogP contribution in [0.3, 0.4) is 0 Å². The topological polar surface area (TPSA) is 55.1 Å². The molecular formula is C13H24N2O. The predicted molar refractivity (Wildman–Crippen MR) is 64.7 cm³/mol. The Morgan fingerprint density at radius 3 is 2.69 bits per heavy atom. The van der Waals surface area contributed by atoms with Crippen LogP contribution in [0.1, 0.15) is 40.0 Å². The predicted octanol–water partition coefficient (Wildman–Crippen LogP) is 1.52. The number of fused-ring (bicyclic) bond motifs is 2. The molecule has 3 aliphatic carbocycles. The van der Waals surface area contributed by atoms with E-state index < -0.39 is 0 Å². The molecule has 3 saturated carbocycles. The minimum absolute atomic E-state index is 0.0638. The molecule has 3 rings (SSSR count). The standard InChI is InChI=1S/C13H24N2O/c1-4-7(2)15-13(16)11-6-9-5-10(8(9)3)12(11)14/h7-12H,4-6,14H2,1-3H3,(H,15,16)/t7-,8?,9+,10+,11+,12+/m1/s1. The number of carbonyl (C=O) groups excluding carboxylic acids is 1.